The van der Waals surface area contributed by atoms with Gasteiger partial charge in [0.2, 0.25) is 5.91 Å². The average Bonchev–Trinajstić information content (AvgIpc) is 2.59. The first-order chi connectivity index (χ1) is 11.9. The van der Waals surface area contributed by atoms with Gasteiger partial charge in [-0.3, -0.25) is 14.4 Å². The molecule has 2 amide bonds. The third-order valence-corrected chi connectivity index (χ3v) is 4.29. The molecule has 0 aliphatic carbocycles. The van der Waals surface area contributed by atoms with Gasteiger partial charge < -0.3 is 20.1 Å². The zero-order valence-corrected chi connectivity index (χ0v) is 14.0. The molecule has 25 heavy (non-hydrogen) atoms. The molecule has 0 spiro atoms. The van der Waals surface area contributed by atoms with E-state index in [1.54, 1.807) is 0 Å². The number of hydrogen-bond acceptors (Lipinski definition) is 4. The Kier molecular flexibility index (Phi) is 6.08. The summed E-state index contributed by atoms with van der Waals surface area (Å²) in [6.45, 7) is 0.193. The van der Waals surface area contributed by atoms with Gasteiger partial charge in [-0.2, -0.15) is 0 Å². The minimum absolute atomic E-state index is 0.0156. The normalized spacial score (nSPS) is 20.2. The molecule has 1 aromatic carbocycles. The number of carbonyl (C=O) groups is 3. The summed E-state index contributed by atoms with van der Waals surface area (Å²) in [5.74, 6) is -2.49. The van der Waals surface area contributed by atoms with Crippen LogP contribution in [-0.4, -0.2) is 61.1 Å². The number of benzene rings is 1. The van der Waals surface area contributed by atoms with Crippen LogP contribution >= 0.6 is 0 Å². The highest BCUT2D eigenvalue weighted by Crippen LogP contribution is 2.30. The minimum atomic E-state index is -1.13. The number of likely N-dealkylation sites (tertiary alicyclic amines) is 1. The summed E-state index contributed by atoms with van der Waals surface area (Å²) in [6, 6.07) is 5.15. The second kappa shape index (κ2) is 8.06. The van der Waals surface area contributed by atoms with Gasteiger partial charge in [0.15, 0.2) is 0 Å². The van der Waals surface area contributed by atoms with Crippen LogP contribution < -0.4 is 5.32 Å². The highest BCUT2D eigenvalue weighted by Gasteiger charge is 2.43. The van der Waals surface area contributed by atoms with Crippen LogP contribution in [0.1, 0.15) is 23.2 Å². The molecule has 1 aliphatic heterocycles. The maximum atomic E-state index is 13.1. The summed E-state index contributed by atoms with van der Waals surface area (Å²) in [5.41, 5.74) is -1.01. The fourth-order valence-corrected chi connectivity index (χ4v) is 2.97. The van der Waals surface area contributed by atoms with E-state index in [-0.39, 0.29) is 31.2 Å². The van der Waals surface area contributed by atoms with Gasteiger partial charge in [-0.05, 0) is 31.0 Å². The smallest absolute Gasteiger partial charge is 0.313 e. The summed E-state index contributed by atoms with van der Waals surface area (Å²) < 4.78 is 18.1. The number of hydrogen-bond donors (Lipinski definition) is 2. The molecular formula is C17H21FN2O5. The van der Waals surface area contributed by atoms with Crippen LogP contribution in [0.5, 0.6) is 0 Å². The van der Waals surface area contributed by atoms with Gasteiger partial charge in [0.25, 0.3) is 5.91 Å². The Morgan fingerprint density at radius 3 is 2.80 bits per heavy atom. The number of carbonyl (C=O) groups excluding carboxylic acids is 2. The fraction of sp³-hybridized carbons (Fsp3) is 0.471. The van der Waals surface area contributed by atoms with Gasteiger partial charge in [0, 0.05) is 25.8 Å². The molecule has 2 rings (SSSR count). The maximum absolute atomic E-state index is 13.1. The lowest BCUT2D eigenvalue weighted by Crippen LogP contribution is -2.53. The van der Waals surface area contributed by atoms with Crippen molar-refractivity contribution in [3.63, 3.8) is 0 Å². The topological polar surface area (TPSA) is 95.9 Å². The van der Waals surface area contributed by atoms with E-state index in [2.05, 4.69) is 5.32 Å². The van der Waals surface area contributed by atoms with E-state index in [0.717, 1.165) is 6.07 Å². The van der Waals surface area contributed by atoms with E-state index in [1.165, 1.54) is 30.2 Å². The molecule has 1 saturated heterocycles. The first-order valence-corrected chi connectivity index (χ1v) is 7.92. The highest BCUT2D eigenvalue weighted by molar-refractivity contribution is 5.96. The van der Waals surface area contributed by atoms with Gasteiger partial charge in [-0.15, -0.1) is 0 Å². The van der Waals surface area contributed by atoms with Crippen LogP contribution in [0.4, 0.5) is 4.39 Å². The van der Waals surface area contributed by atoms with E-state index in [1.807, 2.05) is 0 Å². The van der Waals surface area contributed by atoms with Crippen LogP contribution in [0, 0.1) is 11.2 Å². The molecule has 1 heterocycles. The molecule has 0 aromatic heterocycles. The van der Waals surface area contributed by atoms with Crippen molar-refractivity contribution in [3.8, 4) is 0 Å². The lowest BCUT2D eigenvalue weighted by molar-refractivity contribution is -0.158. The zero-order chi connectivity index (χ0) is 18.4. The number of ether oxygens (including phenoxy) is 1. The Bertz CT molecular complexity index is 662. The zero-order valence-electron chi connectivity index (χ0n) is 14.0. The molecule has 0 saturated carbocycles. The first-order valence-electron chi connectivity index (χ1n) is 7.92. The number of halogens is 1. The van der Waals surface area contributed by atoms with Crippen LogP contribution in [-0.2, 0) is 14.3 Å². The minimum Gasteiger partial charge on any atom is -0.481 e. The molecule has 0 radical (unpaired) electrons. The average molecular weight is 352 g/mol. The molecule has 7 nitrogen and oxygen atoms in total. The fourth-order valence-electron chi connectivity index (χ4n) is 2.97. The SMILES string of the molecule is COCC1(C(=O)O)CCCN(C(=O)CNC(=O)c2cccc(F)c2)C1. The van der Waals surface area contributed by atoms with Gasteiger partial charge in [0.05, 0.1) is 13.2 Å². The number of carboxylic acids is 1. The quantitative estimate of drug-likeness (QED) is 0.793. The summed E-state index contributed by atoms with van der Waals surface area (Å²) in [7, 11) is 1.42. The van der Waals surface area contributed by atoms with Crippen LogP contribution in [0.15, 0.2) is 24.3 Å². The number of rotatable bonds is 6. The Morgan fingerprint density at radius 2 is 2.16 bits per heavy atom. The second-order valence-electron chi connectivity index (χ2n) is 6.13. The lowest BCUT2D eigenvalue weighted by Gasteiger charge is -2.39. The molecule has 0 bridgehead atoms. The van der Waals surface area contributed by atoms with E-state index in [9.17, 15) is 23.9 Å². The van der Waals surface area contributed by atoms with E-state index in [0.29, 0.717) is 19.4 Å². The Hall–Kier alpha value is -2.48. The Balaban J connectivity index is 1.96. The monoisotopic (exact) mass is 352 g/mol. The third kappa shape index (κ3) is 4.54. The molecule has 8 heteroatoms. The molecule has 136 valence electrons. The van der Waals surface area contributed by atoms with E-state index < -0.39 is 23.1 Å². The second-order valence-corrected chi connectivity index (χ2v) is 6.13. The van der Waals surface area contributed by atoms with Gasteiger partial charge in [0.1, 0.15) is 11.2 Å². The van der Waals surface area contributed by atoms with E-state index >= 15 is 0 Å². The summed E-state index contributed by atoms with van der Waals surface area (Å²) in [6.07, 6.45) is 0.967. The number of piperidine rings is 1. The number of nitrogens with one attached hydrogen (secondary N) is 1. The van der Waals surface area contributed by atoms with Gasteiger partial charge in [-0.1, -0.05) is 6.07 Å². The van der Waals surface area contributed by atoms with Crippen LogP contribution in [0.25, 0.3) is 0 Å². The van der Waals surface area contributed by atoms with Crippen molar-refractivity contribution < 1.29 is 28.6 Å². The number of amides is 2. The number of nitrogens with zero attached hydrogens (tertiary/aromatic N) is 1. The van der Waals surface area contributed by atoms with Gasteiger partial charge in [-0.25, -0.2) is 4.39 Å². The molecule has 2 N–H and O–H groups in total. The number of methoxy groups -OCH3 is 1. The molecule has 1 aliphatic rings. The predicted octanol–water partition coefficient (Wildman–Crippen LogP) is 0.895. The standard InChI is InChI=1S/C17H21FN2O5/c1-25-11-17(16(23)24)6-3-7-20(10-17)14(21)9-19-15(22)12-4-2-5-13(18)8-12/h2,4-5,8H,3,6-7,9-11H2,1H3,(H,19,22)(H,23,24). The van der Waals surface area contributed by atoms with Crippen molar-refractivity contribution in [1.82, 2.24) is 10.2 Å². The van der Waals surface area contributed by atoms with Crippen LogP contribution in [0.2, 0.25) is 0 Å². The lowest BCUT2D eigenvalue weighted by atomic mass is 9.80. The van der Waals surface area contributed by atoms with Crippen molar-refractivity contribution in [2.45, 2.75) is 12.8 Å². The van der Waals surface area contributed by atoms with Gasteiger partial charge >= 0.3 is 5.97 Å². The van der Waals surface area contributed by atoms with Crippen molar-refractivity contribution in [3.05, 3.63) is 35.6 Å². The van der Waals surface area contributed by atoms with Crippen molar-refractivity contribution >= 4 is 17.8 Å². The predicted molar refractivity (Wildman–Crippen MR) is 86.5 cm³/mol. The van der Waals surface area contributed by atoms with Crippen molar-refractivity contribution in [2.75, 3.05) is 33.4 Å². The van der Waals surface area contributed by atoms with Crippen LogP contribution in [0.3, 0.4) is 0 Å². The molecule has 1 atom stereocenters. The van der Waals surface area contributed by atoms with Crippen molar-refractivity contribution in [2.24, 2.45) is 5.41 Å². The first kappa shape index (κ1) is 18.9. The number of carboxylic acid groups (broad SMARTS) is 1. The molecular weight excluding hydrogens is 331 g/mol. The Morgan fingerprint density at radius 1 is 1.40 bits per heavy atom. The molecule has 1 aromatic rings. The summed E-state index contributed by atoms with van der Waals surface area (Å²) >= 11 is 0. The largest absolute Gasteiger partial charge is 0.481 e. The highest BCUT2D eigenvalue weighted by atomic mass is 19.1. The summed E-state index contributed by atoms with van der Waals surface area (Å²) in [5, 5.41) is 11.9. The molecule has 1 fully saturated rings. The molecule has 1 unspecified atom stereocenters. The summed E-state index contributed by atoms with van der Waals surface area (Å²) in [4.78, 5) is 37.3. The number of aliphatic carboxylic acids is 1. The third-order valence-electron chi connectivity index (χ3n) is 4.29. The van der Waals surface area contributed by atoms with E-state index in [4.69, 9.17) is 4.74 Å². The van der Waals surface area contributed by atoms with Crippen molar-refractivity contribution in [1.29, 1.82) is 0 Å². The maximum Gasteiger partial charge on any atom is 0.313 e. The Labute approximate surface area is 144 Å².